The van der Waals surface area contributed by atoms with Crippen LogP contribution in [0.3, 0.4) is 0 Å². The standard InChI is InChI=1S/C13H22N2O6/c16-11(17)8-10(12(18)19)15-13(20)14-6-7-21-9-4-2-1-3-5-9/h9-10H,1-8H2,(H,16,17)(H,18,19)(H2,14,15,20). The average Bonchev–Trinajstić information content (AvgIpc) is 2.43. The number of amides is 2. The van der Waals surface area contributed by atoms with Gasteiger partial charge in [-0.25, -0.2) is 9.59 Å². The molecule has 1 atom stereocenters. The van der Waals surface area contributed by atoms with Gasteiger partial charge in [0, 0.05) is 6.54 Å². The van der Waals surface area contributed by atoms with Gasteiger partial charge in [0.1, 0.15) is 6.04 Å². The van der Waals surface area contributed by atoms with Gasteiger partial charge in [0.05, 0.1) is 19.1 Å². The third-order valence-electron chi connectivity index (χ3n) is 3.28. The predicted octanol–water partition coefficient (Wildman–Crippen LogP) is 0.563. The highest BCUT2D eigenvalue weighted by atomic mass is 16.5. The van der Waals surface area contributed by atoms with Crippen LogP contribution in [-0.4, -0.2) is 53.5 Å². The smallest absolute Gasteiger partial charge is 0.326 e. The molecule has 1 aliphatic rings. The zero-order valence-electron chi connectivity index (χ0n) is 11.8. The SMILES string of the molecule is O=C(O)CC(NC(=O)NCCOC1CCCCC1)C(=O)O. The molecule has 0 aliphatic heterocycles. The molecule has 0 saturated heterocycles. The molecule has 0 aromatic heterocycles. The van der Waals surface area contributed by atoms with Gasteiger partial charge in [-0.05, 0) is 12.8 Å². The Morgan fingerprint density at radius 1 is 1.14 bits per heavy atom. The predicted molar refractivity (Wildman–Crippen MR) is 73.0 cm³/mol. The molecule has 1 fully saturated rings. The lowest BCUT2D eigenvalue weighted by molar-refractivity contribution is -0.145. The van der Waals surface area contributed by atoms with E-state index in [9.17, 15) is 14.4 Å². The number of hydrogen-bond donors (Lipinski definition) is 4. The normalized spacial score (nSPS) is 17.0. The molecule has 4 N–H and O–H groups in total. The van der Waals surface area contributed by atoms with Crippen molar-refractivity contribution in [1.82, 2.24) is 10.6 Å². The van der Waals surface area contributed by atoms with Crippen molar-refractivity contribution in [2.24, 2.45) is 0 Å². The van der Waals surface area contributed by atoms with Crippen LogP contribution in [0.5, 0.6) is 0 Å². The Labute approximate surface area is 122 Å². The number of carboxylic acid groups (broad SMARTS) is 2. The van der Waals surface area contributed by atoms with Crippen molar-refractivity contribution in [3.63, 3.8) is 0 Å². The van der Waals surface area contributed by atoms with E-state index in [1.54, 1.807) is 0 Å². The number of ether oxygens (including phenoxy) is 1. The van der Waals surface area contributed by atoms with Crippen LogP contribution in [0.4, 0.5) is 4.79 Å². The molecule has 0 spiro atoms. The van der Waals surface area contributed by atoms with E-state index in [1.165, 1.54) is 6.42 Å². The fourth-order valence-corrected chi connectivity index (χ4v) is 2.21. The molecule has 0 aromatic rings. The molecule has 1 saturated carbocycles. The molecule has 0 aromatic carbocycles. The van der Waals surface area contributed by atoms with Crippen molar-refractivity contribution in [2.75, 3.05) is 13.2 Å². The van der Waals surface area contributed by atoms with Gasteiger partial charge >= 0.3 is 18.0 Å². The molecule has 1 unspecified atom stereocenters. The van der Waals surface area contributed by atoms with Crippen LogP contribution in [0.25, 0.3) is 0 Å². The van der Waals surface area contributed by atoms with Gasteiger partial charge in [-0.2, -0.15) is 0 Å². The van der Waals surface area contributed by atoms with E-state index in [0.29, 0.717) is 6.61 Å². The van der Waals surface area contributed by atoms with E-state index in [0.717, 1.165) is 25.7 Å². The summed E-state index contributed by atoms with van der Waals surface area (Å²) in [4.78, 5) is 32.7. The molecule has 1 rings (SSSR count). The first-order chi connectivity index (χ1) is 9.99. The molecule has 8 heteroatoms. The summed E-state index contributed by atoms with van der Waals surface area (Å²) < 4.78 is 5.60. The van der Waals surface area contributed by atoms with Gasteiger partial charge < -0.3 is 25.6 Å². The van der Waals surface area contributed by atoms with Crippen molar-refractivity contribution in [2.45, 2.75) is 50.7 Å². The lowest BCUT2D eigenvalue weighted by Crippen LogP contribution is -2.47. The first kappa shape index (κ1) is 17.2. The van der Waals surface area contributed by atoms with Crippen molar-refractivity contribution in [1.29, 1.82) is 0 Å². The van der Waals surface area contributed by atoms with Gasteiger partial charge in [-0.3, -0.25) is 4.79 Å². The molecule has 0 radical (unpaired) electrons. The van der Waals surface area contributed by atoms with E-state index < -0.39 is 30.4 Å². The Kier molecular flexibility index (Phi) is 7.52. The second-order valence-corrected chi connectivity index (χ2v) is 5.02. The Bertz CT molecular complexity index is 368. The molecular formula is C13H22N2O6. The van der Waals surface area contributed by atoms with Crippen LogP contribution in [0.15, 0.2) is 0 Å². The second kappa shape index (κ2) is 9.17. The summed E-state index contributed by atoms with van der Waals surface area (Å²) in [6, 6.07) is -2.15. The maximum Gasteiger partial charge on any atom is 0.326 e. The highest BCUT2D eigenvalue weighted by Gasteiger charge is 2.22. The number of carbonyl (C=O) groups excluding carboxylic acids is 1. The van der Waals surface area contributed by atoms with E-state index in [2.05, 4.69) is 10.6 Å². The number of aliphatic carboxylic acids is 2. The largest absolute Gasteiger partial charge is 0.481 e. The number of hydrogen-bond acceptors (Lipinski definition) is 4. The average molecular weight is 302 g/mol. The van der Waals surface area contributed by atoms with Crippen LogP contribution in [0.1, 0.15) is 38.5 Å². The van der Waals surface area contributed by atoms with Crippen molar-refractivity contribution >= 4 is 18.0 Å². The second-order valence-electron chi connectivity index (χ2n) is 5.02. The first-order valence-corrected chi connectivity index (χ1v) is 7.09. The zero-order chi connectivity index (χ0) is 15.7. The fraction of sp³-hybridized carbons (Fsp3) is 0.769. The minimum Gasteiger partial charge on any atom is -0.481 e. The molecule has 8 nitrogen and oxygen atoms in total. The van der Waals surface area contributed by atoms with Crippen LogP contribution in [-0.2, 0) is 14.3 Å². The van der Waals surface area contributed by atoms with Crippen molar-refractivity contribution < 1.29 is 29.3 Å². The lowest BCUT2D eigenvalue weighted by Gasteiger charge is -2.22. The maximum absolute atomic E-state index is 11.5. The van der Waals surface area contributed by atoms with Gasteiger partial charge in [-0.15, -0.1) is 0 Å². The molecule has 2 amide bonds. The Hall–Kier alpha value is -1.83. The number of carboxylic acids is 2. The summed E-state index contributed by atoms with van der Waals surface area (Å²) in [6.07, 6.45) is 5.20. The summed E-state index contributed by atoms with van der Waals surface area (Å²) in [6.45, 7) is 0.608. The van der Waals surface area contributed by atoms with E-state index in [-0.39, 0.29) is 12.6 Å². The summed E-state index contributed by atoms with van der Waals surface area (Å²) in [7, 11) is 0. The molecular weight excluding hydrogens is 280 g/mol. The van der Waals surface area contributed by atoms with Crippen LogP contribution in [0.2, 0.25) is 0 Å². The quantitative estimate of drug-likeness (QED) is 0.486. The van der Waals surface area contributed by atoms with Crippen LogP contribution in [0, 0.1) is 0 Å². The van der Waals surface area contributed by atoms with Crippen molar-refractivity contribution in [3.8, 4) is 0 Å². The number of carbonyl (C=O) groups is 3. The third kappa shape index (κ3) is 7.50. The zero-order valence-corrected chi connectivity index (χ0v) is 11.8. The third-order valence-corrected chi connectivity index (χ3v) is 3.28. The fourth-order valence-electron chi connectivity index (χ4n) is 2.21. The molecule has 0 bridgehead atoms. The highest BCUT2D eigenvalue weighted by molar-refractivity contribution is 5.86. The topological polar surface area (TPSA) is 125 Å². The Morgan fingerprint density at radius 2 is 1.81 bits per heavy atom. The molecule has 120 valence electrons. The van der Waals surface area contributed by atoms with Gasteiger partial charge in [-0.1, -0.05) is 19.3 Å². The first-order valence-electron chi connectivity index (χ1n) is 7.09. The van der Waals surface area contributed by atoms with E-state index in [1.807, 2.05) is 0 Å². The van der Waals surface area contributed by atoms with E-state index in [4.69, 9.17) is 14.9 Å². The number of nitrogens with one attached hydrogen (secondary N) is 2. The number of urea groups is 1. The van der Waals surface area contributed by atoms with Crippen LogP contribution < -0.4 is 10.6 Å². The minimum atomic E-state index is -1.44. The summed E-state index contributed by atoms with van der Waals surface area (Å²) in [5, 5.41) is 21.9. The van der Waals surface area contributed by atoms with Gasteiger partial charge in [0.25, 0.3) is 0 Å². The Balaban J connectivity index is 2.16. The summed E-state index contributed by atoms with van der Waals surface area (Å²) in [5.41, 5.74) is 0. The summed E-state index contributed by atoms with van der Waals surface area (Å²) >= 11 is 0. The van der Waals surface area contributed by atoms with Gasteiger partial charge in [0.2, 0.25) is 0 Å². The monoisotopic (exact) mass is 302 g/mol. The summed E-state index contributed by atoms with van der Waals surface area (Å²) in [5.74, 6) is -2.67. The molecule has 0 heterocycles. The van der Waals surface area contributed by atoms with Gasteiger partial charge in [0.15, 0.2) is 0 Å². The van der Waals surface area contributed by atoms with Crippen molar-refractivity contribution in [3.05, 3.63) is 0 Å². The number of rotatable bonds is 8. The lowest BCUT2D eigenvalue weighted by atomic mass is 9.98. The maximum atomic E-state index is 11.5. The minimum absolute atomic E-state index is 0.238. The highest BCUT2D eigenvalue weighted by Crippen LogP contribution is 2.19. The Morgan fingerprint density at radius 3 is 2.38 bits per heavy atom. The molecule has 21 heavy (non-hydrogen) atoms. The van der Waals surface area contributed by atoms with E-state index >= 15 is 0 Å². The molecule has 1 aliphatic carbocycles. The van der Waals surface area contributed by atoms with Crippen LogP contribution >= 0.6 is 0 Å².